The van der Waals surface area contributed by atoms with E-state index in [0.717, 1.165) is 0 Å². The summed E-state index contributed by atoms with van der Waals surface area (Å²) in [6.07, 6.45) is 0.975. The van der Waals surface area contributed by atoms with E-state index in [2.05, 4.69) is 17.0 Å². The van der Waals surface area contributed by atoms with Crippen LogP contribution < -0.4 is 5.73 Å². The quantitative estimate of drug-likeness (QED) is 0.502. The Bertz CT molecular complexity index is 347. The van der Waals surface area contributed by atoms with E-state index in [1.54, 1.807) is 0 Å². The van der Waals surface area contributed by atoms with Gasteiger partial charge in [-0.2, -0.15) is 0 Å². The van der Waals surface area contributed by atoms with Crippen LogP contribution in [-0.2, 0) is 14.3 Å². The molecule has 102 valence electrons. The second-order valence-corrected chi connectivity index (χ2v) is 3.23. The standard InChI is InChI=1S/C7H11NO4.C4H6O2/c1-5(6(9)10)3-2-4-12-7(8)11;1-3(2)4(5)6/h3H,2,4H2,1H3,(H2,8,11)(H,9,10);1H2,2H3,(H,5,6). The Hall–Kier alpha value is -2.31. The molecule has 7 nitrogen and oxygen atoms in total. The van der Waals surface area contributed by atoms with Gasteiger partial charge in [-0.15, -0.1) is 0 Å². The highest BCUT2D eigenvalue weighted by Crippen LogP contribution is 1.95. The number of carboxylic acids is 2. The number of amides is 1. The Morgan fingerprint density at radius 2 is 1.67 bits per heavy atom. The zero-order valence-corrected chi connectivity index (χ0v) is 10.3. The maximum Gasteiger partial charge on any atom is 0.404 e. The molecule has 0 aromatic carbocycles. The fraction of sp³-hybridized carbons (Fsp3) is 0.364. The van der Waals surface area contributed by atoms with Crippen LogP contribution in [0.2, 0.25) is 0 Å². The van der Waals surface area contributed by atoms with Crippen molar-refractivity contribution in [3.63, 3.8) is 0 Å². The summed E-state index contributed by atoms with van der Waals surface area (Å²) in [6, 6.07) is 0. The van der Waals surface area contributed by atoms with Gasteiger partial charge in [-0.3, -0.25) is 0 Å². The Balaban J connectivity index is 0. The van der Waals surface area contributed by atoms with E-state index in [4.69, 9.17) is 10.2 Å². The third-order valence-corrected chi connectivity index (χ3v) is 1.52. The van der Waals surface area contributed by atoms with Crippen LogP contribution in [0.1, 0.15) is 20.3 Å². The molecule has 0 bridgehead atoms. The lowest BCUT2D eigenvalue weighted by Gasteiger charge is -1.97. The molecule has 18 heavy (non-hydrogen) atoms. The summed E-state index contributed by atoms with van der Waals surface area (Å²) in [5.74, 6) is -1.91. The van der Waals surface area contributed by atoms with Crippen molar-refractivity contribution in [1.82, 2.24) is 0 Å². The second kappa shape index (κ2) is 9.88. The summed E-state index contributed by atoms with van der Waals surface area (Å²) in [5, 5.41) is 16.3. The normalized spacial score (nSPS) is 9.78. The lowest BCUT2D eigenvalue weighted by Crippen LogP contribution is -2.13. The highest BCUT2D eigenvalue weighted by Gasteiger charge is 1.98. The van der Waals surface area contributed by atoms with E-state index in [-0.39, 0.29) is 17.8 Å². The molecular weight excluding hydrogens is 242 g/mol. The number of carbonyl (C=O) groups excluding carboxylic acids is 1. The molecule has 0 aromatic rings. The molecule has 0 aliphatic carbocycles. The lowest BCUT2D eigenvalue weighted by atomic mass is 10.2. The van der Waals surface area contributed by atoms with Gasteiger partial charge >= 0.3 is 18.0 Å². The van der Waals surface area contributed by atoms with Gasteiger partial charge in [0.25, 0.3) is 0 Å². The van der Waals surface area contributed by atoms with Crippen LogP contribution in [-0.4, -0.2) is 34.9 Å². The molecule has 0 radical (unpaired) electrons. The third-order valence-electron chi connectivity index (χ3n) is 1.52. The number of hydrogen-bond acceptors (Lipinski definition) is 4. The van der Waals surface area contributed by atoms with Crippen molar-refractivity contribution < 1.29 is 29.3 Å². The van der Waals surface area contributed by atoms with E-state index in [1.807, 2.05) is 0 Å². The largest absolute Gasteiger partial charge is 0.478 e. The first-order chi connectivity index (χ1) is 8.18. The Morgan fingerprint density at radius 1 is 1.22 bits per heavy atom. The molecule has 0 saturated heterocycles. The molecular formula is C11H17NO6. The molecule has 0 unspecified atom stereocenters. The zero-order valence-electron chi connectivity index (χ0n) is 10.3. The van der Waals surface area contributed by atoms with Crippen LogP contribution in [0.25, 0.3) is 0 Å². The number of hydrogen-bond donors (Lipinski definition) is 3. The van der Waals surface area contributed by atoms with Gasteiger partial charge in [0.05, 0.1) is 6.61 Å². The van der Waals surface area contributed by atoms with Crippen LogP contribution in [0.15, 0.2) is 23.8 Å². The van der Waals surface area contributed by atoms with Crippen molar-refractivity contribution >= 4 is 18.0 Å². The van der Waals surface area contributed by atoms with Gasteiger partial charge in [0, 0.05) is 17.6 Å². The van der Waals surface area contributed by atoms with Crippen LogP contribution >= 0.6 is 0 Å². The Labute approximate surface area is 105 Å². The number of ether oxygens (including phenoxy) is 1. The molecule has 0 spiro atoms. The fourth-order valence-electron chi connectivity index (χ4n) is 0.522. The first-order valence-electron chi connectivity index (χ1n) is 4.89. The monoisotopic (exact) mass is 259 g/mol. The Morgan fingerprint density at radius 3 is 1.94 bits per heavy atom. The molecule has 0 rings (SSSR count). The van der Waals surface area contributed by atoms with Crippen LogP contribution in [0.5, 0.6) is 0 Å². The molecule has 4 N–H and O–H groups in total. The van der Waals surface area contributed by atoms with Crippen molar-refractivity contribution in [3.8, 4) is 0 Å². The molecule has 0 aliphatic rings. The Kier molecular flexibility index (Phi) is 9.92. The highest BCUT2D eigenvalue weighted by molar-refractivity contribution is 5.85. The molecule has 0 aliphatic heterocycles. The van der Waals surface area contributed by atoms with Gasteiger partial charge < -0.3 is 20.7 Å². The molecule has 0 saturated carbocycles. The summed E-state index contributed by atoms with van der Waals surface area (Å²) in [4.78, 5) is 29.9. The summed E-state index contributed by atoms with van der Waals surface area (Å²) in [5.41, 5.74) is 5.07. The summed E-state index contributed by atoms with van der Waals surface area (Å²) in [6.45, 7) is 6.18. The average Bonchev–Trinajstić information content (AvgIpc) is 2.24. The van der Waals surface area contributed by atoms with Gasteiger partial charge in [-0.1, -0.05) is 12.7 Å². The summed E-state index contributed by atoms with van der Waals surface area (Å²) in [7, 11) is 0. The molecule has 1 amide bonds. The maximum atomic E-state index is 10.2. The molecule has 7 heteroatoms. The van der Waals surface area contributed by atoms with Gasteiger partial charge in [0.1, 0.15) is 0 Å². The highest BCUT2D eigenvalue weighted by atomic mass is 16.5. The number of primary amides is 1. The predicted octanol–water partition coefficient (Wildman–Crippen LogP) is 1.15. The summed E-state index contributed by atoms with van der Waals surface area (Å²) >= 11 is 0. The number of carbonyl (C=O) groups is 3. The van der Waals surface area contributed by atoms with Crippen LogP contribution in [0, 0.1) is 0 Å². The van der Waals surface area contributed by atoms with E-state index in [1.165, 1.54) is 19.9 Å². The number of rotatable bonds is 5. The molecule has 0 heterocycles. The molecule has 0 aromatic heterocycles. The first kappa shape index (κ1) is 18.1. The number of aliphatic carboxylic acids is 2. The van der Waals surface area contributed by atoms with Gasteiger partial charge in [-0.05, 0) is 13.8 Å². The maximum absolute atomic E-state index is 10.2. The molecule has 0 fully saturated rings. The van der Waals surface area contributed by atoms with Crippen molar-refractivity contribution in [2.45, 2.75) is 20.3 Å². The first-order valence-corrected chi connectivity index (χ1v) is 4.89. The zero-order chi connectivity index (χ0) is 14.7. The minimum absolute atomic E-state index is 0.111. The van der Waals surface area contributed by atoms with Crippen LogP contribution in [0.4, 0.5) is 4.79 Å². The smallest absolute Gasteiger partial charge is 0.404 e. The second-order valence-electron chi connectivity index (χ2n) is 3.23. The topological polar surface area (TPSA) is 127 Å². The molecule has 0 atom stereocenters. The SMILES string of the molecule is C=C(C)C(=O)O.CC(=CCCOC(N)=O)C(=O)O. The number of carboxylic acid groups (broad SMARTS) is 2. The van der Waals surface area contributed by atoms with Crippen molar-refractivity contribution in [1.29, 1.82) is 0 Å². The third kappa shape index (κ3) is 13.7. The van der Waals surface area contributed by atoms with E-state index < -0.39 is 18.0 Å². The van der Waals surface area contributed by atoms with Gasteiger partial charge in [0.2, 0.25) is 0 Å². The fourth-order valence-corrected chi connectivity index (χ4v) is 0.522. The van der Waals surface area contributed by atoms with Crippen molar-refractivity contribution in [2.24, 2.45) is 5.73 Å². The van der Waals surface area contributed by atoms with Gasteiger partial charge in [0.15, 0.2) is 0 Å². The lowest BCUT2D eigenvalue weighted by molar-refractivity contribution is -0.133. The van der Waals surface area contributed by atoms with Crippen molar-refractivity contribution in [2.75, 3.05) is 6.61 Å². The van der Waals surface area contributed by atoms with E-state index >= 15 is 0 Å². The summed E-state index contributed by atoms with van der Waals surface area (Å²) < 4.78 is 4.37. The van der Waals surface area contributed by atoms with E-state index in [9.17, 15) is 14.4 Å². The average molecular weight is 259 g/mol. The van der Waals surface area contributed by atoms with E-state index in [0.29, 0.717) is 6.42 Å². The number of nitrogens with two attached hydrogens (primary N) is 1. The minimum Gasteiger partial charge on any atom is -0.478 e. The minimum atomic E-state index is -0.978. The van der Waals surface area contributed by atoms with Crippen LogP contribution in [0.3, 0.4) is 0 Å². The van der Waals surface area contributed by atoms with Gasteiger partial charge in [-0.25, -0.2) is 14.4 Å². The predicted molar refractivity (Wildman–Crippen MR) is 64.0 cm³/mol. The van der Waals surface area contributed by atoms with Crippen molar-refractivity contribution in [3.05, 3.63) is 23.8 Å².